The largest absolute Gasteiger partial charge is 0.478 e. The van der Waals surface area contributed by atoms with E-state index in [-0.39, 0.29) is 10.6 Å². The smallest absolute Gasteiger partial charge is 0.337 e. The van der Waals surface area contributed by atoms with Gasteiger partial charge in [-0.15, -0.1) is 0 Å². The molecule has 1 aliphatic rings. The summed E-state index contributed by atoms with van der Waals surface area (Å²) in [6.07, 6.45) is 2.25. The summed E-state index contributed by atoms with van der Waals surface area (Å²) in [5, 5.41) is 21.1. The van der Waals surface area contributed by atoms with Crippen molar-refractivity contribution in [2.24, 2.45) is 0 Å². The lowest BCUT2D eigenvalue weighted by atomic mass is 10.2. The molecule has 7 nitrogen and oxygen atoms in total. The molecule has 0 unspecified atom stereocenters. The Morgan fingerprint density at radius 1 is 1.27 bits per heavy atom. The molecule has 1 heterocycles. The van der Waals surface area contributed by atoms with Crippen molar-refractivity contribution in [3.05, 3.63) is 40.5 Å². The Morgan fingerprint density at radius 3 is 2.73 bits per heavy atom. The number of urea groups is 1. The molecule has 1 aliphatic carbocycles. The number of carbonyl (C=O) groups excluding carboxylic acids is 1. The molecule has 22 heavy (non-hydrogen) atoms. The number of hydrogen-bond acceptors (Lipinski definition) is 3. The molecule has 3 rings (SSSR count). The lowest BCUT2D eigenvalue weighted by Crippen LogP contribution is -2.19. The number of aromatic amines is 1. The third-order valence-electron chi connectivity index (χ3n) is 3.30. The van der Waals surface area contributed by atoms with Crippen molar-refractivity contribution in [2.45, 2.75) is 18.8 Å². The molecule has 0 bridgehead atoms. The van der Waals surface area contributed by atoms with E-state index in [0.29, 0.717) is 17.4 Å². The van der Waals surface area contributed by atoms with Gasteiger partial charge in [-0.2, -0.15) is 5.10 Å². The molecule has 4 N–H and O–H groups in total. The average Bonchev–Trinajstić information content (AvgIpc) is 3.21. The molecular weight excluding hydrogens is 308 g/mol. The summed E-state index contributed by atoms with van der Waals surface area (Å²) in [5.74, 6) is -0.173. The Kier molecular flexibility index (Phi) is 3.72. The Balaban J connectivity index is 1.65. The fourth-order valence-corrected chi connectivity index (χ4v) is 2.24. The van der Waals surface area contributed by atoms with E-state index in [9.17, 15) is 9.59 Å². The van der Waals surface area contributed by atoms with Gasteiger partial charge in [0.2, 0.25) is 0 Å². The number of halogens is 1. The Hall–Kier alpha value is -2.54. The van der Waals surface area contributed by atoms with Crippen LogP contribution in [-0.2, 0) is 0 Å². The van der Waals surface area contributed by atoms with Crippen LogP contribution in [0.25, 0.3) is 0 Å². The first-order valence-electron chi connectivity index (χ1n) is 6.69. The zero-order valence-corrected chi connectivity index (χ0v) is 12.1. The number of carboxylic acid groups (broad SMARTS) is 1. The monoisotopic (exact) mass is 320 g/mol. The summed E-state index contributed by atoms with van der Waals surface area (Å²) >= 11 is 5.77. The van der Waals surface area contributed by atoms with Crippen molar-refractivity contribution in [3.63, 3.8) is 0 Å². The summed E-state index contributed by atoms with van der Waals surface area (Å²) in [6, 6.07) is 5.54. The highest BCUT2D eigenvalue weighted by molar-refractivity contribution is 6.33. The van der Waals surface area contributed by atoms with Gasteiger partial charge in [0.25, 0.3) is 0 Å². The maximum Gasteiger partial charge on any atom is 0.337 e. The molecule has 0 atom stereocenters. The van der Waals surface area contributed by atoms with Crippen molar-refractivity contribution < 1.29 is 14.7 Å². The SMILES string of the molecule is O=C(Nc1ccc(Cl)c(C(=O)O)c1)Nc1cc(C2CC2)n[nH]1. The highest BCUT2D eigenvalue weighted by Gasteiger charge is 2.26. The summed E-state index contributed by atoms with van der Waals surface area (Å²) in [4.78, 5) is 22.9. The van der Waals surface area contributed by atoms with Crippen LogP contribution < -0.4 is 10.6 Å². The van der Waals surface area contributed by atoms with Crippen molar-refractivity contribution in [3.8, 4) is 0 Å². The summed E-state index contributed by atoms with van der Waals surface area (Å²) in [7, 11) is 0. The number of H-pyrrole nitrogens is 1. The molecule has 1 saturated carbocycles. The molecule has 2 aromatic rings. The van der Waals surface area contributed by atoms with Crippen LogP contribution in [0.4, 0.5) is 16.3 Å². The van der Waals surface area contributed by atoms with E-state index in [1.807, 2.05) is 0 Å². The topological polar surface area (TPSA) is 107 Å². The quantitative estimate of drug-likeness (QED) is 0.693. The lowest BCUT2D eigenvalue weighted by Gasteiger charge is -2.07. The minimum atomic E-state index is -1.16. The molecular formula is C14H13ClN4O3. The minimum Gasteiger partial charge on any atom is -0.478 e. The molecule has 0 aliphatic heterocycles. The van der Waals surface area contributed by atoms with Gasteiger partial charge in [-0.25, -0.2) is 9.59 Å². The summed E-state index contributed by atoms with van der Waals surface area (Å²) in [5.41, 5.74) is 1.20. The average molecular weight is 321 g/mol. The molecule has 1 aromatic heterocycles. The molecule has 114 valence electrons. The number of rotatable bonds is 4. The predicted octanol–water partition coefficient (Wildman–Crippen LogP) is 3.28. The molecule has 0 saturated heterocycles. The number of aromatic carboxylic acids is 1. The van der Waals surface area contributed by atoms with E-state index in [4.69, 9.17) is 16.7 Å². The second kappa shape index (κ2) is 5.69. The Labute approximate surface area is 130 Å². The van der Waals surface area contributed by atoms with Gasteiger partial charge >= 0.3 is 12.0 Å². The van der Waals surface area contributed by atoms with Crippen LogP contribution in [0.15, 0.2) is 24.3 Å². The van der Waals surface area contributed by atoms with Crippen LogP contribution in [-0.4, -0.2) is 27.3 Å². The molecule has 1 aromatic carbocycles. The van der Waals surface area contributed by atoms with E-state index in [2.05, 4.69) is 20.8 Å². The van der Waals surface area contributed by atoms with Crippen molar-refractivity contribution in [2.75, 3.05) is 10.6 Å². The van der Waals surface area contributed by atoms with Crippen LogP contribution in [0.5, 0.6) is 0 Å². The number of nitrogens with zero attached hydrogens (tertiary/aromatic N) is 1. The normalized spacial score (nSPS) is 13.7. The molecule has 8 heteroatoms. The number of amides is 2. The van der Waals surface area contributed by atoms with Crippen LogP contribution in [0.1, 0.15) is 34.8 Å². The number of carboxylic acids is 1. The van der Waals surface area contributed by atoms with Crippen molar-refractivity contribution in [1.29, 1.82) is 0 Å². The van der Waals surface area contributed by atoms with Gasteiger partial charge in [0.05, 0.1) is 16.3 Å². The predicted molar refractivity (Wildman–Crippen MR) is 81.6 cm³/mol. The first kappa shape index (κ1) is 14.4. The number of benzene rings is 1. The van der Waals surface area contributed by atoms with Crippen LogP contribution in [0, 0.1) is 0 Å². The van der Waals surface area contributed by atoms with Gasteiger partial charge in [-0.05, 0) is 31.0 Å². The van der Waals surface area contributed by atoms with E-state index >= 15 is 0 Å². The molecule has 2 amide bonds. The van der Waals surface area contributed by atoms with Crippen molar-refractivity contribution >= 4 is 35.1 Å². The van der Waals surface area contributed by atoms with Gasteiger partial charge in [0, 0.05) is 17.7 Å². The maximum atomic E-state index is 11.9. The summed E-state index contributed by atoms with van der Waals surface area (Å²) < 4.78 is 0. The fourth-order valence-electron chi connectivity index (χ4n) is 2.04. The third-order valence-corrected chi connectivity index (χ3v) is 3.63. The fraction of sp³-hybridized carbons (Fsp3) is 0.214. The van der Waals surface area contributed by atoms with Crippen molar-refractivity contribution in [1.82, 2.24) is 10.2 Å². The number of hydrogen-bond donors (Lipinski definition) is 4. The van der Waals surface area contributed by atoms with Gasteiger partial charge in [0.1, 0.15) is 5.82 Å². The van der Waals surface area contributed by atoms with E-state index in [1.165, 1.54) is 18.2 Å². The first-order valence-corrected chi connectivity index (χ1v) is 7.07. The molecule has 1 fully saturated rings. The second-order valence-corrected chi connectivity index (χ2v) is 5.47. The van der Waals surface area contributed by atoms with Crippen LogP contribution >= 0.6 is 11.6 Å². The van der Waals surface area contributed by atoms with E-state index in [0.717, 1.165) is 18.5 Å². The number of anilines is 2. The third kappa shape index (κ3) is 3.20. The van der Waals surface area contributed by atoms with E-state index < -0.39 is 12.0 Å². The van der Waals surface area contributed by atoms with E-state index in [1.54, 1.807) is 6.07 Å². The second-order valence-electron chi connectivity index (χ2n) is 5.06. The van der Waals surface area contributed by atoms with Crippen LogP contribution in [0.2, 0.25) is 5.02 Å². The molecule has 0 spiro atoms. The zero-order chi connectivity index (χ0) is 15.7. The Bertz CT molecular complexity index is 739. The standard InChI is InChI=1S/C14H13ClN4O3/c15-10-4-3-8(5-9(10)13(20)21)16-14(22)17-12-6-11(18-19-12)7-1-2-7/h3-7H,1-2H2,(H,20,21)(H3,16,17,18,19,22). The first-order chi connectivity index (χ1) is 10.5. The molecule has 0 radical (unpaired) electrons. The van der Waals surface area contributed by atoms with Crippen LogP contribution in [0.3, 0.4) is 0 Å². The minimum absolute atomic E-state index is 0.0722. The van der Waals surface area contributed by atoms with Gasteiger partial charge in [0.15, 0.2) is 0 Å². The van der Waals surface area contributed by atoms with Gasteiger partial charge in [-0.3, -0.25) is 10.4 Å². The highest BCUT2D eigenvalue weighted by Crippen LogP contribution is 2.39. The zero-order valence-electron chi connectivity index (χ0n) is 11.4. The number of aromatic nitrogens is 2. The van der Waals surface area contributed by atoms with Gasteiger partial charge in [-0.1, -0.05) is 11.6 Å². The summed E-state index contributed by atoms with van der Waals surface area (Å²) in [6.45, 7) is 0. The lowest BCUT2D eigenvalue weighted by molar-refractivity contribution is 0.0697. The van der Waals surface area contributed by atoms with Gasteiger partial charge < -0.3 is 10.4 Å². The number of nitrogens with one attached hydrogen (secondary N) is 3. The number of carbonyl (C=O) groups is 2. The Morgan fingerprint density at radius 2 is 2.05 bits per heavy atom. The maximum absolute atomic E-state index is 11.9. The highest BCUT2D eigenvalue weighted by atomic mass is 35.5.